The fourth-order valence-electron chi connectivity index (χ4n) is 3.10. The van der Waals surface area contributed by atoms with E-state index in [9.17, 15) is 8.42 Å². The fraction of sp³-hybridized carbons (Fsp3) is 0.238. The first-order chi connectivity index (χ1) is 14.9. The lowest BCUT2D eigenvalue weighted by molar-refractivity contribution is 0.340. The third kappa shape index (κ3) is 4.74. The van der Waals surface area contributed by atoms with Crippen molar-refractivity contribution in [2.24, 2.45) is 0 Å². The molecule has 0 aliphatic rings. The standard InChI is InChI=1S/C21H21ClN4O3S2/c1-3-29-17-8-10-18(11-9-17)31(27,28)23-13-12-19-14(2)26-21(30-19)24-20(25-26)15-4-6-16(22)7-5-15/h4-11,23H,3,12-13H2,1-2H3. The third-order valence-electron chi connectivity index (χ3n) is 4.70. The molecule has 2 aromatic heterocycles. The highest BCUT2D eigenvalue weighted by atomic mass is 35.5. The highest BCUT2D eigenvalue weighted by molar-refractivity contribution is 7.89. The summed E-state index contributed by atoms with van der Waals surface area (Å²) in [5.41, 5.74) is 1.84. The number of sulfonamides is 1. The summed E-state index contributed by atoms with van der Waals surface area (Å²) in [7, 11) is -3.59. The molecule has 0 saturated carbocycles. The van der Waals surface area contributed by atoms with Gasteiger partial charge in [-0.15, -0.1) is 5.10 Å². The van der Waals surface area contributed by atoms with E-state index in [0.29, 0.717) is 29.6 Å². The molecular weight excluding hydrogens is 456 g/mol. The van der Waals surface area contributed by atoms with Gasteiger partial charge < -0.3 is 4.74 Å². The molecule has 0 spiro atoms. The van der Waals surface area contributed by atoms with Crippen LogP contribution in [-0.4, -0.2) is 36.2 Å². The number of aromatic nitrogens is 3. The van der Waals surface area contributed by atoms with E-state index in [1.165, 1.54) is 11.3 Å². The van der Waals surface area contributed by atoms with Gasteiger partial charge in [-0.05, 0) is 68.8 Å². The van der Waals surface area contributed by atoms with Gasteiger partial charge in [0.15, 0.2) is 5.82 Å². The van der Waals surface area contributed by atoms with E-state index in [2.05, 4.69) is 14.8 Å². The molecular formula is C21H21ClN4O3S2. The van der Waals surface area contributed by atoms with Gasteiger partial charge in [0.05, 0.1) is 17.2 Å². The monoisotopic (exact) mass is 476 g/mol. The molecule has 0 aliphatic heterocycles. The van der Waals surface area contributed by atoms with Crippen LogP contribution in [0.3, 0.4) is 0 Å². The number of nitrogens with one attached hydrogen (secondary N) is 1. The first-order valence-corrected chi connectivity index (χ1v) is 12.4. The number of fused-ring (bicyclic) bond motifs is 1. The number of rotatable bonds is 8. The zero-order valence-corrected chi connectivity index (χ0v) is 19.4. The number of hydrogen-bond acceptors (Lipinski definition) is 6. The van der Waals surface area contributed by atoms with Crippen LogP contribution in [-0.2, 0) is 16.4 Å². The van der Waals surface area contributed by atoms with Crippen LogP contribution in [0.15, 0.2) is 53.4 Å². The maximum Gasteiger partial charge on any atom is 0.240 e. The van der Waals surface area contributed by atoms with Gasteiger partial charge in [-0.25, -0.2) is 17.7 Å². The quantitative estimate of drug-likeness (QED) is 0.409. The molecule has 4 rings (SSSR count). The molecule has 0 radical (unpaired) electrons. The summed E-state index contributed by atoms with van der Waals surface area (Å²) in [6.45, 7) is 4.65. The van der Waals surface area contributed by atoms with Gasteiger partial charge in [-0.3, -0.25) is 0 Å². The molecule has 0 aliphatic carbocycles. The summed E-state index contributed by atoms with van der Waals surface area (Å²) in [4.78, 5) is 6.61. The molecule has 0 bridgehead atoms. The molecule has 0 amide bonds. The second-order valence-corrected chi connectivity index (χ2v) is 10.1. The van der Waals surface area contributed by atoms with Gasteiger partial charge in [0.25, 0.3) is 0 Å². The summed E-state index contributed by atoms with van der Waals surface area (Å²) >= 11 is 7.45. The summed E-state index contributed by atoms with van der Waals surface area (Å²) in [5, 5.41) is 5.25. The van der Waals surface area contributed by atoms with Gasteiger partial charge in [0.1, 0.15) is 5.75 Å². The van der Waals surface area contributed by atoms with Crippen LogP contribution in [0.4, 0.5) is 0 Å². The molecule has 31 heavy (non-hydrogen) atoms. The van der Waals surface area contributed by atoms with E-state index < -0.39 is 10.0 Å². The minimum atomic E-state index is -3.59. The maximum atomic E-state index is 12.5. The summed E-state index contributed by atoms with van der Waals surface area (Å²) in [5.74, 6) is 1.28. The molecule has 7 nitrogen and oxygen atoms in total. The summed E-state index contributed by atoms with van der Waals surface area (Å²) in [6.07, 6.45) is 0.550. The molecule has 2 aromatic carbocycles. The van der Waals surface area contributed by atoms with E-state index in [-0.39, 0.29) is 11.4 Å². The van der Waals surface area contributed by atoms with E-state index in [1.54, 1.807) is 40.9 Å². The fourth-order valence-corrected chi connectivity index (χ4v) is 5.31. The van der Waals surface area contributed by atoms with Crippen molar-refractivity contribution in [3.05, 3.63) is 64.1 Å². The lowest BCUT2D eigenvalue weighted by Crippen LogP contribution is -2.26. The van der Waals surface area contributed by atoms with Crippen molar-refractivity contribution < 1.29 is 13.2 Å². The number of nitrogens with zero attached hydrogens (tertiary/aromatic N) is 3. The molecule has 0 atom stereocenters. The molecule has 0 unspecified atom stereocenters. The third-order valence-corrected chi connectivity index (χ3v) is 7.63. The zero-order chi connectivity index (χ0) is 22.0. The average Bonchev–Trinajstić information content (AvgIpc) is 3.29. The predicted octanol–water partition coefficient (Wildman–Crippen LogP) is 4.34. The van der Waals surface area contributed by atoms with Gasteiger partial charge in [0.2, 0.25) is 15.0 Å². The Hall–Kier alpha value is -2.46. The summed E-state index contributed by atoms with van der Waals surface area (Å²) in [6, 6.07) is 13.8. The Morgan fingerprint density at radius 1 is 1.13 bits per heavy atom. The van der Waals surface area contributed by atoms with Crippen molar-refractivity contribution in [2.75, 3.05) is 13.2 Å². The Morgan fingerprint density at radius 2 is 1.84 bits per heavy atom. The Morgan fingerprint density at radius 3 is 2.48 bits per heavy atom. The van der Waals surface area contributed by atoms with E-state index >= 15 is 0 Å². The van der Waals surface area contributed by atoms with Gasteiger partial charge in [-0.2, -0.15) is 4.98 Å². The highest BCUT2D eigenvalue weighted by Gasteiger charge is 2.17. The lowest BCUT2D eigenvalue weighted by Gasteiger charge is -2.08. The van der Waals surface area contributed by atoms with E-state index in [0.717, 1.165) is 21.1 Å². The van der Waals surface area contributed by atoms with Gasteiger partial charge >= 0.3 is 0 Å². The van der Waals surface area contributed by atoms with Crippen molar-refractivity contribution in [3.8, 4) is 17.1 Å². The normalized spacial score (nSPS) is 11.8. The van der Waals surface area contributed by atoms with Crippen LogP contribution in [0.5, 0.6) is 5.75 Å². The molecule has 2 heterocycles. The number of benzene rings is 2. The van der Waals surface area contributed by atoms with E-state index in [1.807, 2.05) is 26.0 Å². The van der Waals surface area contributed by atoms with Crippen LogP contribution in [0, 0.1) is 6.92 Å². The number of halogens is 1. The topological polar surface area (TPSA) is 85.6 Å². The van der Waals surface area contributed by atoms with Crippen molar-refractivity contribution in [1.82, 2.24) is 19.3 Å². The van der Waals surface area contributed by atoms with Crippen LogP contribution in [0.1, 0.15) is 17.5 Å². The van der Waals surface area contributed by atoms with Crippen molar-refractivity contribution >= 4 is 37.9 Å². The van der Waals surface area contributed by atoms with Crippen molar-refractivity contribution in [1.29, 1.82) is 0 Å². The first-order valence-electron chi connectivity index (χ1n) is 9.71. The predicted molar refractivity (Wildman–Crippen MR) is 123 cm³/mol. The molecule has 0 saturated heterocycles. The minimum absolute atomic E-state index is 0.211. The lowest BCUT2D eigenvalue weighted by atomic mass is 10.2. The summed E-state index contributed by atoms with van der Waals surface area (Å²) < 4.78 is 34.9. The minimum Gasteiger partial charge on any atom is -0.494 e. The number of thiazole rings is 1. The molecule has 4 aromatic rings. The smallest absolute Gasteiger partial charge is 0.240 e. The second kappa shape index (κ2) is 8.96. The van der Waals surface area contributed by atoms with Crippen molar-refractivity contribution in [3.63, 3.8) is 0 Å². The van der Waals surface area contributed by atoms with Crippen molar-refractivity contribution in [2.45, 2.75) is 25.2 Å². The van der Waals surface area contributed by atoms with Crippen LogP contribution in [0.25, 0.3) is 16.3 Å². The Bertz CT molecular complexity index is 1300. The Balaban J connectivity index is 1.43. The van der Waals surface area contributed by atoms with Crippen LogP contribution < -0.4 is 9.46 Å². The maximum absolute atomic E-state index is 12.5. The number of aryl methyl sites for hydroxylation is 1. The SMILES string of the molecule is CCOc1ccc(S(=O)(=O)NCCc2sc3nc(-c4ccc(Cl)cc4)nn3c2C)cc1. The number of hydrogen-bond donors (Lipinski definition) is 1. The average molecular weight is 477 g/mol. The van der Waals surface area contributed by atoms with Gasteiger partial charge in [-0.1, -0.05) is 22.9 Å². The van der Waals surface area contributed by atoms with Gasteiger partial charge in [0, 0.05) is 22.0 Å². The molecule has 1 N–H and O–H groups in total. The largest absolute Gasteiger partial charge is 0.494 e. The zero-order valence-electron chi connectivity index (χ0n) is 17.0. The van der Waals surface area contributed by atoms with E-state index in [4.69, 9.17) is 16.3 Å². The van der Waals surface area contributed by atoms with Crippen LogP contribution in [0.2, 0.25) is 5.02 Å². The Labute approximate surface area is 189 Å². The Kier molecular flexibility index (Phi) is 6.29. The number of ether oxygens (including phenoxy) is 1. The highest BCUT2D eigenvalue weighted by Crippen LogP contribution is 2.26. The van der Waals surface area contributed by atoms with Crippen LogP contribution >= 0.6 is 22.9 Å². The molecule has 162 valence electrons. The second-order valence-electron chi connectivity index (χ2n) is 6.80. The first kappa shape index (κ1) is 21.8. The molecule has 10 heteroatoms. The molecule has 0 fully saturated rings.